The maximum Gasteiger partial charge on any atom is 0.128 e. The van der Waals surface area contributed by atoms with Crippen LogP contribution in [0.3, 0.4) is 0 Å². The Morgan fingerprint density at radius 3 is 2.76 bits per heavy atom. The number of hydrogen-bond acceptors (Lipinski definition) is 3. The molecule has 0 aromatic heterocycles. The maximum atomic E-state index is 10.4. The van der Waals surface area contributed by atoms with Gasteiger partial charge in [-0.15, -0.1) is 0 Å². The van der Waals surface area contributed by atoms with Gasteiger partial charge in [-0.05, 0) is 24.3 Å². The van der Waals surface area contributed by atoms with Crippen LogP contribution in [0.15, 0.2) is 36.4 Å². The summed E-state index contributed by atoms with van der Waals surface area (Å²) in [7, 11) is 1.59. The molecule has 0 bridgehead atoms. The predicted molar refractivity (Wildman–Crippen MR) is 82.4 cm³/mol. The van der Waals surface area contributed by atoms with Crippen LogP contribution in [-0.4, -0.2) is 12.2 Å². The largest absolute Gasteiger partial charge is 0.497 e. The van der Waals surface area contributed by atoms with Crippen molar-refractivity contribution in [2.75, 3.05) is 7.11 Å². The van der Waals surface area contributed by atoms with Crippen molar-refractivity contribution in [3.63, 3.8) is 0 Å². The van der Waals surface area contributed by atoms with Crippen molar-refractivity contribution in [1.29, 1.82) is 0 Å². The highest BCUT2D eigenvalue weighted by molar-refractivity contribution is 6.42. The van der Waals surface area contributed by atoms with Crippen molar-refractivity contribution < 1.29 is 14.6 Å². The molecule has 2 aromatic rings. The lowest BCUT2D eigenvalue weighted by Crippen LogP contribution is -2.19. The van der Waals surface area contributed by atoms with Gasteiger partial charge in [-0.25, -0.2) is 0 Å². The van der Waals surface area contributed by atoms with Gasteiger partial charge in [0.25, 0.3) is 0 Å². The van der Waals surface area contributed by atoms with Gasteiger partial charge >= 0.3 is 0 Å². The zero-order chi connectivity index (χ0) is 15.0. The molecule has 2 aromatic carbocycles. The minimum atomic E-state index is -0.635. The van der Waals surface area contributed by atoms with Crippen LogP contribution in [0.1, 0.15) is 29.8 Å². The van der Waals surface area contributed by atoms with Crippen molar-refractivity contribution in [2.45, 2.75) is 18.6 Å². The average molecular weight is 325 g/mol. The lowest BCUT2D eigenvalue weighted by Gasteiger charge is -2.30. The Morgan fingerprint density at radius 2 is 2.00 bits per heavy atom. The zero-order valence-electron chi connectivity index (χ0n) is 11.3. The van der Waals surface area contributed by atoms with Crippen LogP contribution in [0.4, 0.5) is 0 Å². The topological polar surface area (TPSA) is 38.7 Å². The van der Waals surface area contributed by atoms with Gasteiger partial charge in [0, 0.05) is 17.5 Å². The van der Waals surface area contributed by atoms with E-state index in [0.717, 1.165) is 11.1 Å². The lowest BCUT2D eigenvalue weighted by atomic mass is 9.95. The van der Waals surface area contributed by atoms with E-state index in [1.165, 1.54) is 0 Å². The molecule has 3 rings (SSSR count). The molecule has 0 saturated heterocycles. The second kappa shape index (κ2) is 5.76. The summed E-state index contributed by atoms with van der Waals surface area (Å²) >= 11 is 12.3. The third kappa shape index (κ3) is 2.69. The fraction of sp³-hybridized carbons (Fsp3) is 0.250. The van der Waals surface area contributed by atoms with E-state index in [1.54, 1.807) is 31.4 Å². The molecule has 1 unspecified atom stereocenters. The monoisotopic (exact) mass is 324 g/mol. The molecule has 1 N–H and O–H groups in total. The molecule has 1 aliphatic rings. The summed E-state index contributed by atoms with van der Waals surface area (Å²) in [6, 6.07) is 10.8. The highest BCUT2D eigenvalue weighted by Gasteiger charge is 2.30. The van der Waals surface area contributed by atoms with Crippen LogP contribution in [0.25, 0.3) is 0 Å². The molecule has 0 fully saturated rings. The van der Waals surface area contributed by atoms with E-state index in [4.69, 9.17) is 32.7 Å². The van der Waals surface area contributed by atoms with Crippen molar-refractivity contribution >= 4 is 23.2 Å². The zero-order valence-corrected chi connectivity index (χ0v) is 12.9. The first-order chi connectivity index (χ1) is 10.1. The van der Waals surface area contributed by atoms with Gasteiger partial charge in [-0.3, -0.25) is 0 Å². The molecule has 1 heterocycles. The van der Waals surface area contributed by atoms with Crippen LogP contribution >= 0.6 is 23.2 Å². The molecule has 0 radical (unpaired) electrons. The number of benzene rings is 2. The Labute approximate surface area is 133 Å². The number of hydrogen-bond donors (Lipinski definition) is 1. The van der Waals surface area contributed by atoms with Gasteiger partial charge < -0.3 is 14.6 Å². The van der Waals surface area contributed by atoms with E-state index in [2.05, 4.69) is 0 Å². The Morgan fingerprint density at radius 1 is 1.19 bits per heavy atom. The Kier molecular flexibility index (Phi) is 3.98. The van der Waals surface area contributed by atoms with Crippen molar-refractivity contribution in [3.8, 4) is 11.5 Å². The second-order valence-corrected chi connectivity index (χ2v) is 5.69. The van der Waals surface area contributed by atoms with Gasteiger partial charge in [0.2, 0.25) is 0 Å². The SMILES string of the molecule is COc1ccc2c(c1)[C@@H](O)CC(c1cccc(Cl)c1Cl)O2. The van der Waals surface area contributed by atoms with Crippen molar-refractivity contribution in [1.82, 2.24) is 0 Å². The number of fused-ring (bicyclic) bond motifs is 1. The third-order valence-electron chi connectivity index (χ3n) is 3.61. The Hall–Kier alpha value is -1.42. The van der Waals surface area contributed by atoms with Crippen LogP contribution < -0.4 is 9.47 Å². The van der Waals surface area contributed by atoms with Crippen LogP contribution in [-0.2, 0) is 0 Å². The molecule has 1 aliphatic heterocycles. The molecule has 3 nitrogen and oxygen atoms in total. The number of ether oxygens (including phenoxy) is 2. The molecule has 5 heteroatoms. The first kappa shape index (κ1) is 14.5. The minimum Gasteiger partial charge on any atom is -0.497 e. The molecule has 21 heavy (non-hydrogen) atoms. The second-order valence-electron chi connectivity index (χ2n) is 4.90. The van der Waals surface area contributed by atoms with E-state index in [-0.39, 0.29) is 6.10 Å². The van der Waals surface area contributed by atoms with Gasteiger partial charge in [0.15, 0.2) is 0 Å². The van der Waals surface area contributed by atoms with Crippen LogP contribution in [0.5, 0.6) is 11.5 Å². The molecule has 2 atom stereocenters. The maximum absolute atomic E-state index is 10.4. The Bertz CT molecular complexity index is 673. The van der Waals surface area contributed by atoms with E-state index in [9.17, 15) is 5.11 Å². The number of rotatable bonds is 2. The first-order valence-electron chi connectivity index (χ1n) is 6.56. The minimum absolute atomic E-state index is 0.327. The summed E-state index contributed by atoms with van der Waals surface area (Å²) in [5.41, 5.74) is 1.51. The standard InChI is InChI=1S/C16H14Cl2O3/c1-20-9-5-6-14-11(7-9)13(19)8-15(21-14)10-3-2-4-12(17)16(10)18/h2-7,13,15,19H,8H2,1H3/t13-,15?/m0/s1. The van der Waals surface area contributed by atoms with E-state index >= 15 is 0 Å². The fourth-order valence-electron chi connectivity index (χ4n) is 2.51. The lowest BCUT2D eigenvalue weighted by molar-refractivity contribution is 0.0655. The van der Waals surface area contributed by atoms with Crippen LogP contribution in [0.2, 0.25) is 10.0 Å². The van der Waals surface area contributed by atoms with E-state index < -0.39 is 6.10 Å². The van der Waals surface area contributed by atoms with Crippen molar-refractivity contribution in [2.24, 2.45) is 0 Å². The molecule has 0 amide bonds. The molecular weight excluding hydrogens is 311 g/mol. The predicted octanol–water partition coefficient (Wildman–Crippen LogP) is 4.56. The van der Waals surface area contributed by atoms with Crippen LogP contribution in [0, 0.1) is 0 Å². The van der Waals surface area contributed by atoms with E-state index in [0.29, 0.717) is 28.0 Å². The fourth-order valence-corrected chi connectivity index (χ4v) is 2.94. The number of halogens is 2. The summed E-state index contributed by atoms with van der Waals surface area (Å²) in [4.78, 5) is 0. The number of aliphatic hydroxyl groups is 1. The normalized spacial score (nSPS) is 20.6. The molecule has 110 valence electrons. The quantitative estimate of drug-likeness (QED) is 0.880. The third-order valence-corrected chi connectivity index (χ3v) is 4.44. The molecule has 0 spiro atoms. The van der Waals surface area contributed by atoms with Gasteiger partial charge in [-0.2, -0.15) is 0 Å². The summed E-state index contributed by atoms with van der Waals surface area (Å²) in [6.45, 7) is 0. The number of methoxy groups -OCH3 is 1. The highest BCUT2D eigenvalue weighted by atomic mass is 35.5. The van der Waals surface area contributed by atoms with Gasteiger partial charge in [0.05, 0.1) is 23.3 Å². The highest BCUT2D eigenvalue weighted by Crippen LogP contribution is 2.44. The average Bonchev–Trinajstić information content (AvgIpc) is 2.49. The summed E-state index contributed by atoms with van der Waals surface area (Å²) in [5.74, 6) is 1.33. The molecular formula is C16H14Cl2O3. The van der Waals surface area contributed by atoms with Crippen molar-refractivity contribution in [3.05, 3.63) is 57.6 Å². The molecule has 0 saturated carbocycles. The van der Waals surface area contributed by atoms with Gasteiger partial charge in [0.1, 0.15) is 17.6 Å². The first-order valence-corrected chi connectivity index (χ1v) is 7.32. The summed E-state index contributed by atoms with van der Waals surface area (Å²) < 4.78 is 11.1. The smallest absolute Gasteiger partial charge is 0.128 e. The number of aliphatic hydroxyl groups excluding tert-OH is 1. The molecule has 0 aliphatic carbocycles. The summed E-state index contributed by atoms with van der Waals surface area (Å²) in [6.07, 6.45) is -0.545. The summed E-state index contributed by atoms with van der Waals surface area (Å²) in [5, 5.41) is 11.3. The Balaban J connectivity index is 1.97. The van der Waals surface area contributed by atoms with E-state index in [1.807, 2.05) is 12.1 Å². The van der Waals surface area contributed by atoms with Gasteiger partial charge in [-0.1, -0.05) is 35.3 Å².